The Labute approximate surface area is 140 Å². The summed E-state index contributed by atoms with van der Waals surface area (Å²) in [6.45, 7) is 1.65. The van der Waals surface area contributed by atoms with Gasteiger partial charge in [0.05, 0.1) is 12.7 Å². The van der Waals surface area contributed by atoms with Crippen LogP contribution < -0.4 is 10.6 Å². The summed E-state index contributed by atoms with van der Waals surface area (Å²) in [6, 6.07) is 0.322. The lowest BCUT2D eigenvalue weighted by molar-refractivity contribution is 0.206. The third kappa shape index (κ3) is 3.73. The monoisotopic (exact) mass is 334 g/mol. The van der Waals surface area contributed by atoms with Gasteiger partial charge in [0.25, 0.3) is 0 Å². The van der Waals surface area contributed by atoms with E-state index in [0.29, 0.717) is 24.4 Å². The van der Waals surface area contributed by atoms with Crippen molar-refractivity contribution in [2.75, 3.05) is 42.8 Å². The topological polar surface area (TPSA) is 89.0 Å². The molecule has 0 saturated carbocycles. The van der Waals surface area contributed by atoms with E-state index >= 15 is 0 Å². The molecule has 0 bridgehead atoms. The molecule has 1 aliphatic rings. The van der Waals surface area contributed by atoms with Crippen LogP contribution in [-0.4, -0.2) is 61.8 Å². The lowest BCUT2D eigenvalue weighted by atomic mass is 10.1. The van der Waals surface area contributed by atoms with E-state index in [2.05, 4.69) is 31.1 Å². The van der Waals surface area contributed by atoms with Crippen LogP contribution in [0.2, 0.25) is 0 Å². The van der Waals surface area contributed by atoms with Gasteiger partial charge in [0.2, 0.25) is 11.9 Å². The Hall–Kier alpha value is -1.87. The molecule has 2 aromatic rings. The van der Waals surface area contributed by atoms with Crippen LogP contribution in [0, 0.1) is 0 Å². The van der Waals surface area contributed by atoms with Crippen LogP contribution in [0.25, 0.3) is 0 Å². The summed E-state index contributed by atoms with van der Waals surface area (Å²) in [6.07, 6.45) is 4.02. The van der Waals surface area contributed by atoms with Crippen molar-refractivity contribution in [3.8, 4) is 0 Å². The van der Waals surface area contributed by atoms with Crippen LogP contribution in [-0.2, 0) is 13.6 Å². The van der Waals surface area contributed by atoms with Crippen molar-refractivity contribution in [2.24, 2.45) is 7.05 Å². The molecule has 1 atom stereocenters. The standard InChI is InChI=1S/C14H22N8S/c1-20(2)14-18-12(17-13(15)19-14)8-22-4-5-23-9-11(22)10-6-16-21(3)7-10/h6-7,11H,4-5,8-9H2,1-3H3,(H2,15,17,18,19). The second-order valence-electron chi connectivity index (χ2n) is 5.81. The predicted octanol–water partition coefficient (Wildman–Crippen LogP) is 0.543. The average molecular weight is 334 g/mol. The van der Waals surface area contributed by atoms with E-state index in [1.165, 1.54) is 5.56 Å². The van der Waals surface area contributed by atoms with Gasteiger partial charge in [-0.2, -0.15) is 31.8 Å². The van der Waals surface area contributed by atoms with Crippen molar-refractivity contribution in [1.82, 2.24) is 29.6 Å². The number of nitrogen functional groups attached to an aromatic ring is 1. The highest BCUT2D eigenvalue weighted by atomic mass is 32.2. The lowest BCUT2D eigenvalue weighted by Gasteiger charge is -2.34. The fourth-order valence-electron chi connectivity index (χ4n) is 2.62. The molecule has 3 rings (SSSR count). The van der Waals surface area contributed by atoms with Gasteiger partial charge in [0.1, 0.15) is 5.82 Å². The van der Waals surface area contributed by atoms with E-state index in [0.717, 1.165) is 18.1 Å². The van der Waals surface area contributed by atoms with Crippen LogP contribution in [0.3, 0.4) is 0 Å². The number of nitrogens with two attached hydrogens (primary N) is 1. The summed E-state index contributed by atoms with van der Waals surface area (Å²) in [5.74, 6) is 3.73. The summed E-state index contributed by atoms with van der Waals surface area (Å²) < 4.78 is 1.85. The fraction of sp³-hybridized carbons (Fsp3) is 0.571. The maximum Gasteiger partial charge on any atom is 0.229 e. The number of hydrogen-bond donors (Lipinski definition) is 1. The molecule has 1 saturated heterocycles. The Bertz CT molecular complexity index is 671. The van der Waals surface area contributed by atoms with Crippen molar-refractivity contribution < 1.29 is 0 Å². The number of anilines is 2. The van der Waals surface area contributed by atoms with Crippen molar-refractivity contribution in [1.29, 1.82) is 0 Å². The van der Waals surface area contributed by atoms with Crippen LogP contribution >= 0.6 is 11.8 Å². The molecule has 0 radical (unpaired) electrons. The summed E-state index contributed by atoms with van der Waals surface area (Å²) in [7, 11) is 5.74. The van der Waals surface area contributed by atoms with Gasteiger partial charge in [-0.1, -0.05) is 0 Å². The van der Waals surface area contributed by atoms with Crippen LogP contribution in [0.15, 0.2) is 12.4 Å². The molecule has 0 aromatic carbocycles. The minimum absolute atomic E-state index is 0.267. The minimum atomic E-state index is 0.267. The zero-order valence-corrected chi connectivity index (χ0v) is 14.5. The van der Waals surface area contributed by atoms with Crippen molar-refractivity contribution in [3.63, 3.8) is 0 Å². The molecule has 0 amide bonds. The molecule has 8 nitrogen and oxygen atoms in total. The maximum atomic E-state index is 5.83. The van der Waals surface area contributed by atoms with Crippen LogP contribution in [0.5, 0.6) is 0 Å². The van der Waals surface area contributed by atoms with E-state index in [-0.39, 0.29) is 5.95 Å². The molecule has 0 aliphatic carbocycles. The molecular weight excluding hydrogens is 312 g/mol. The van der Waals surface area contributed by atoms with Gasteiger partial charge in [0.15, 0.2) is 0 Å². The Morgan fingerprint density at radius 3 is 2.87 bits per heavy atom. The fourth-order valence-corrected chi connectivity index (χ4v) is 3.78. The first-order chi connectivity index (χ1) is 11.0. The Kier molecular flexibility index (Phi) is 4.67. The molecule has 9 heteroatoms. The van der Waals surface area contributed by atoms with Gasteiger partial charge < -0.3 is 10.6 Å². The molecule has 0 spiro atoms. The Morgan fingerprint density at radius 2 is 2.17 bits per heavy atom. The summed E-state index contributed by atoms with van der Waals surface area (Å²) in [5, 5.41) is 4.30. The molecule has 1 aliphatic heterocycles. The molecule has 1 fully saturated rings. The first kappa shape index (κ1) is 16.0. The molecule has 3 heterocycles. The smallest absolute Gasteiger partial charge is 0.229 e. The maximum absolute atomic E-state index is 5.83. The van der Waals surface area contributed by atoms with E-state index in [1.807, 2.05) is 48.7 Å². The first-order valence-corrected chi connectivity index (χ1v) is 8.66. The molecule has 124 valence electrons. The zero-order chi connectivity index (χ0) is 16.4. The normalized spacial score (nSPS) is 19.0. The molecule has 2 aromatic heterocycles. The third-order valence-corrected chi connectivity index (χ3v) is 4.80. The number of hydrogen-bond acceptors (Lipinski definition) is 8. The average Bonchev–Trinajstić information content (AvgIpc) is 2.93. The van der Waals surface area contributed by atoms with Gasteiger partial charge in [-0.3, -0.25) is 9.58 Å². The highest BCUT2D eigenvalue weighted by Gasteiger charge is 2.26. The van der Waals surface area contributed by atoms with Crippen molar-refractivity contribution >= 4 is 23.7 Å². The largest absolute Gasteiger partial charge is 0.368 e. The van der Waals surface area contributed by atoms with Gasteiger partial charge in [-0.15, -0.1) is 0 Å². The third-order valence-electron chi connectivity index (χ3n) is 3.78. The number of rotatable bonds is 4. The molecular formula is C14H22N8S. The second kappa shape index (κ2) is 6.71. The van der Waals surface area contributed by atoms with E-state index in [9.17, 15) is 0 Å². The quantitative estimate of drug-likeness (QED) is 0.867. The van der Waals surface area contributed by atoms with Crippen LogP contribution in [0.1, 0.15) is 17.4 Å². The number of nitrogens with zero attached hydrogens (tertiary/aromatic N) is 7. The Balaban J connectivity index is 1.82. The van der Waals surface area contributed by atoms with Crippen LogP contribution in [0.4, 0.5) is 11.9 Å². The van der Waals surface area contributed by atoms with Gasteiger partial charge in [-0.25, -0.2) is 0 Å². The first-order valence-electron chi connectivity index (χ1n) is 7.51. The van der Waals surface area contributed by atoms with Gasteiger partial charge in [-0.05, 0) is 0 Å². The second-order valence-corrected chi connectivity index (χ2v) is 6.96. The minimum Gasteiger partial charge on any atom is -0.368 e. The summed E-state index contributed by atoms with van der Waals surface area (Å²) in [5.41, 5.74) is 7.06. The van der Waals surface area contributed by atoms with Gasteiger partial charge in [0, 0.05) is 57.0 Å². The molecule has 2 N–H and O–H groups in total. The molecule has 23 heavy (non-hydrogen) atoms. The Morgan fingerprint density at radius 1 is 1.35 bits per heavy atom. The van der Waals surface area contributed by atoms with E-state index in [1.54, 1.807) is 0 Å². The number of aryl methyl sites for hydroxylation is 1. The SMILES string of the molecule is CN(C)c1nc(N)nc(CN2CCSCC2c2cnn(C)c2)n1. The number of aromatic nitrogens is 5. The predicted molar refractivity (Wildman–Crippen MR) is 92.3 cm³/mol. The lowest BCUT2D eigenvalue weighted by Crippen LogP contribution is -2.36. The summed E-state index contributed by atoms with van der Waals surface area (Å²) >= 11 is 1.97. The van der Waals surface area contributed by atoms with E-state index in [4.69, 9.17) is 5.73 Å². The molecule has 1 unspecified atom stereocenters. The summed E-state index contributed by atoms with van der Waals surface area (Å²) in [4.78, 5) is 17.2. The number of thioether (sulfide) groups is 1. The highest BCUT2D eigenvalue weighted by Crippen LogP contribution is 2.30. The van der Waals surface area contributed by atoms with Crippen molar-refractivity contribution in [2.45, 2.75) is 12.6 Å². The van der Waals surface area contributed by atoms with Gasteiger partial charge >= 0.3 is 0 Å². The van der Waals surface area contributed by atoms with E-state index < -0.39 is 0 Å². The van der Waals surface area contributed by atoms with Crippen molar-refractivity contribution in [3.05, 3.63) is 23.8 Å². The highest BCUT2D eigenvalue weighted by molar-refractivity contribution is 7.99. The zero-order valence-electron chi connectivity index (χ0n) is 13.7.